The summed E-state index contributed by atoms with van der Waals surface area (Å²) in [4.78, 5) is 14.0. The van der Waals surface area contributed by atoms with Gasteiger partial charge in [0.25, 0.3) is 0 Å². The van der Waals surface area contributed by atoms with E-state index >= 15 is 0 Å². The molecule has 1 aliphatic heterocycles. The van der Waals surface area contributed by atoms with Gasteiger partial charge < -0.3 is 5.32 Å². The topological polar surface area (TPSA) is 56.1 Å². The fraction of sp³-hybridized carbons (Fsp3) is 0.462. The van der Waals surface area contributed by atoms with Crippen LogP contribution in [-0.4, -0.2) is 23.3 Å². The Hall–Kier alpha value is -2.07. The van der Waals surface area contributed by atoms with E-state index in [1.807, 2.05) is 24.2 Å². The molecule has 176 valence electrons. The van der Waals surface area contributed by atoms with Gasteiger partial charge in [0.15, 0.2) is 0 Å². The summed E-state index contributed by atoms with van der Waals surface area (Å²) in [5.74, 6) is -0.654. The van der Waals surface area contributed by atoms with Crippen molar-refractivity contribution < 1.29 is 9.18 Å². The molecular weight excluding hydrogens is 457 g/mol. The lowest BCUT2D eigenvalue weighted by Gasteiger charge is -2.41. The molecule has 4 nitrogen and oxygen atoms in total. The van der Waals surface area contributed by atoms with Gasteiger partial charge in [0.2, 0.25) is 5.91 Å². The molecule has 0 aromatic heterocycles. The summed E-state index contributed by atoms with van der Waals surface area (Å²) in [5, 5.41) is 12.9. The number of nitriles is 1. The molecule has 1 aromatic carbocycles. The van der Waals surface area contributed by atoms with Crippen molar-refractivity contribution in [3.8, 4) is 6.07 Å². The molecular formula is C26H31ClFN3OS. The van der Waals surface area contributed by atoms with Crippen molar-refractivity contribution in [1.29, 1.82) is 5.26 Å². The molecule has 1 saturated heterocycles. The number of nitrogens with one attached hydrogen (secondary N) is 1. The number of hydrogen-bond donors (Lipinski definition) is 1. The van der Waals surface area contributed by atoms with Crippen molar-refractivity contribution in [1.82, 2.24) is 9.62 Å². The maximum atomic E-state index is 15.0. The number of amides is 1. The zero-order valence-corrected chi connectivity index (χ0v) is 21.0. The number of aryl methyl sites for hydroxylation is 1. The number of benzene rings is 1. The summed E-state index contributed by atoms with van der Waals surface area (Å²) >= 11 is 7.99. The minimum Gasteiger partial charge on any atom is -0.348 e. The van der Waals surface area contributed by atoms with Crippen molar-refractivity contribution in [3.63, 3.8) is 0 Å². The number of carbonyl (C=O) groups excluding carboxylic acids is 1. The minimum atomic E-state index is -0.467. The van der Waals surface area contributed by atoms with E-state index in [9.17, 15) is 14.4 Å². The number of rotatable bonds is 8. The van der Waals surface area contributed by atoms with Crippen molar-refractivity contribution in [2.24, 2.45) is 11.3 Å². The van der Waals surface area contributed by atoms with E-state index in [1.54, 1.807) is 18.2 Å². The van der Waals surface area contributed by atoms with Crippen molar-refractivity contribution in [2.75, 3.05) is 13.1 Å². The quantitative estimate of drug-likeness (QED) is 0.253. The summed E-state index contributed by atoms with van der Waals surface area (Å²) in [5.41, 5.74) is 1.52. The third kappa shape index (κ3) is 5.54. The number of carbonyl (C=O) groups is 1. The van der Waals surface area contributed by atoms with E-state index in [0.29, 0.717) is 29.2 Å². The Labute approximate surface area is 205 Å². The first kappa shape index (κ1) is 25.6. The van der Waals surface area contributed by atoms with Crippen LogP contribution in [0.5, 0.6) is 0 Å². The smallest absolute Gasteiger partial charge is 0.226 e. The van der Waals surface area contributed by atoms with Crippen LogP contribution in [0.1, 0.15) is 56.7 Å². The first-order valence-electron chi connectivity index (χ1n) is 11.3. The predicted molar refractivity (Wildman–Crippen MR) is 134 cm³/mol. The van der Waals surface area contributed by atoms with Crippen molar-refractivity contribution >= 4 is 29.5 Å². The van der Waals surface area contributed by atoms with E-state index in [0.717, 1.165) is 36.2 Å². The molecule has 2 aliphatic rings. The molecule has 1 amide bonds. The molecule has 1 aromatic rings. The van der Waals surface area contributed by atoms with Gasteiger partial charge in [-0.15, -0.1) is 0 Å². The second kappa shape index (κ2) is 10.9. The summed E-state index contributed by atoms with van der Waals surface area (Å²) in [6.07, 6.45) is 9.19. The van der Waals surface area contributed by atoms with Crippen LogP contribution >= 0.6 is 23.5 Å². The van der Waals surface area contributed by atoms with Gasteiger partial charge in [0.1, 0.15) is 11.9 Å². The van der Waals surface area contributed by atoms with Crippen LogP contribution in [0, 0.1) is 35.4 Å². The van der Waals surface area contributed by atoms with Crippen LogP contribution in [-0.2, 0) is 4.79 Å². The fourth-order valence-electron chi connectivity index (χ4n) is 4.62. The Morgan fingerprint density at radius 3 is 2.67 bits per heavy atom. The highest BCUT2D eigenvalue weighted by atomic mass is 35.5. The van der Waals surface area contributed by atoms with E-state index < -0.39 is 6.04 Å². The molecule has 2 fully saturated rings. The van der Waals surface area contributed by atoms with Gasteiger partial charge in [0, 0.05) is 23.6 Å². The lowest BCUT2D eigenvalue weighted by Crippen LogP contribution is -2.52. The zero-order valence-electron chi connectivity index (χ0n) is 19.5. The van der Waals surface area contributed by atoms with E-state index in [4.69, 9.17) is 11.6 Å². The van der Waals surface area contributed by atoms with Crippen LogP contribution in [0.3, 0.4) is 0 Å². The van der Waals surface area contributed by atoms with Gasteiger partial charge in [-0.25, -0.2) is 8.70 Å². The molecule has 1 unspecified atom stereocenters. The monoisotopic (exact) mass is 487 g/mol. The minimum absolute atomic E-state index is 0.0833. The van der Waals surface area contributed by atoms with Crippen LogP contribution < -0.4 is 5.32 Å². The van der Waals surface area contributed by atoms with Gasteiger partial charge in [-0.3, -0.25) is 4.79 Å². The van der Waals surface area contributed by atoms with Gasteiger partial charge >= 0.3 is 0 Å². The van der Waals surface area contributed by atoms with Crippen LogP contribution in [0.25, 0.3) is 0 Å². The van der Waals surface area contributed by atoms with Crippen molar-refractivity contribution in [2.45, 2.75) is 52.5 Å². The number of allylic oxidation sites excluding steroid dienone is 4. The number of nitrogens with zero attached hydrogens (tertiary/aromatic N) is 2. The fourth-order valence-corrected chi connectivity index (χ4v) is 5.96. The Morgan fingerprint density at radius 1 is 1.42 bits per heavy atom. The predicted octanol–water partition coefficient (Wildman–Crippen LogP) is 6.64. The first-order chi connectivity index (χ1) is 15.7. The highest BCUT2D eigenvalue weighted by Gasteiger charge is 2.43. The lowest BCUT2D eigenvalue weighted by molar-refractivity contribution is -0.129. The summed E-state index contributed by atoms with van der Waals surface area (Å²) in [6, 6.07) is 4.83. The standard InChI is InChI=1S/C26H31ClFN3OS/c1-5-9-18(14-29)21(6-2)33-31-15-19(16-31)25(32)30-24(26(4)12-7-8-13-26)22-20(28)11-10-17(3)23(22)27/h5-6,9-11,19,24H,2,7-8,12-13,15-16H2,1,3-4H3,(H,30,32)/b9-5-,21-18-. The molecule has 0 radical (unpaired) electrons. The zero-order chi connectivity index (χ0) is 24.2. The summed E-state index contributed by atoms with van der Waals surface area (Å²) in [6.45, 7) is 10.7. The highest BCUT2D eigenvalue weighted by Crippen LogP contribution is 2.49. The van der Waals surface area contributed by atoms with E-state index in [1.165, 1.54) is 18.0 Å². The third-order valence-electron chi connectivity index (χ3n) is 6.69. The number of hydrogen-bond acceptors (Lipinski definition) is 4. The van der Waals surface area contributed by atoms with Gasteiger partial charge in [-0.1, -0.05) is 56.2 Å². The van der Waals surface area contributed by atoms with Gasteiger partial charge in [0.05, 0.1) is 22.6 Å². The van der Waals surface area contributed by atoms with Crippen molar-refractivity contribution in [3.05, 3.63) is 69.4 Å². The molecule has 7 heteroatoms. The molecule has 1 saturated carbocycles. The van der Waals surface area contributed by atoms with Gasteiger partial charge in [-0.05, 0) is 61.8 Å². The summed E-state index contributed by atoms with van der Waals surface area (Å²) in [7, 11) is 0. The van der Waals surface area contributed by atoms with Crippen LogP contribution in [0.2, 0.25) is 5.02 Å². The normalized spacial score (nSPS) is 20.1. The second-order valence-electron chi connectivity index (χ2n) is 9.12. The molecule has 1 heterocycles. The van der Waals surface area contributed by atoms with E-state index in [2.05, 4.69) is 24.9 Å². The van der Waals surface area contributed by atoms with Gasteiger partial charge in [-0.2, -0.15) is 5.26 Å². The third-order valence-corrected chi connectivity index (χ3v) is 8.33. The highest BCUT2D eigenvalue weighted by molar-refractivity contribution is 8.01. The first-order valence-corrected chi connectivity index (χ1v) is 12.5. The maximum Gasteiger partial charge on any atom is 0.226 e. The largest absolute Gasteiger partial charge is 0.348 e. The SMILES string of the molecule is C=C/C(SN1CC(C(=O)NC(c2c(F)ccc(C)c2Cl)C2(C)CCCC2)C1)=C(C#N)\C=C/C. The summed E-state index contributed by atoms with van der Waals surface area (Å²) < 4.78 is 17.0. The Bertz CT molecular complexity index is 1020. The molecule has 1 aliphatic carbocycles. The van der Waals surface area contributed by atoms with Crippen LogP contribution in [0.15, 0.2) is 47.4 Å². The lowest BCUT2D eigenvalue weighted by atomic mass is 9.76. The van der Waals surface area contributed by atoms with E-state index in [-0.39, 0.29) is 23.1 Å². The Balaban J connectivity index is 1.75. The molecule has 0 bridgehead atoms. The Kier molecular flexibility index (Phi) is 8.44. The van der Waals surface area contributed by atoms with Crippen LogP contribution in [0.4, 0.5) is 4.39 Å². The second-order valence-corrected chi connectivity index (χ2v) is 10.6. The Morgan fingerprint density at radius 2 is 2.09 bits per heavy atom. The molecule has 1 N–H and O–H groups in total. The number of halogens is 2. The average molecular weight is 488 g/mol. The molecule has 3 rings (SSSR count). The molecule has 0 spiro atoms. The molecule has 1 atom stereocenters. The molecule has 33 heavy (non-hydrogen) atoms. The average Bonchev–Trinajstić information content (AvgIpc) is 3.21. The maximum absolute atomic E-state index is 15.0.